The van der Waals surface area contributed by atoms with E-state index >= 15 is 0 Å². The number of rotatable bonds is 4. The highest BCUT2D eigenvalue weighted by atomic mass is 35.5. The van der Waals surface area contributed by atoms with Crippen LogP contribution in [0.5, 0.6) is 0 Å². The minimum atomic E-state index is -0.124. The Hall–Kier alpha value is -2.12. The first-order valence-electron chi connectivity index (χ1n) is 6.77. The third-order valence-electron chi connectivity index (χ3n) is 3.26. The number of benzene rings is 1. The van der Waals surface area contributed by atoms with E-state index in [0.29, 0.717) is 29.2 Å². The van der Waals surface area contributed by atoms with Gasteiger partial charge < -0.3 is 4.90 Å². The Morgan fingerprint density at radius 2 is 2.14 bits per heavy atom. The lowest BCUT2D eigenvalue weighted by molar-refractivity contribution is 0.0712. The summed E-state index contributed by atoms with van der Waals surface area (Å²) in [7, 11) is 0. The van der Waals surface area contributed by atoms with Crippen LogP contribution in [0.2, 0.25) is 5.15 Å². The van der Waals surface area contributed by atoms with Crippen LogP contribution in [0.3, 0.4) is 0 Å². The molecule has 0 aliphatic carbocycles. The van der Waals surface area contributed by atoms with Crippen LogP contribution in [-0.2, 0) is 0 Å². The van der Waals surface area contributed by atoms with Gasteiger partial charge in [-0.15, -0.1) is 0 Å². The van der Waals surface area contributed by atoms with Crippen molar-refractivity contribution in [3.63, 3.8) is 0 Å². The Morgan fingerprint density at radius 1 is 1.43 bits per heavy atom. The number of para-hydroxylation sites is 1. The smallest absolute Gasteiger partial charge is 0.254 e. The number of nitriles is 1. The molecule has 0 spiro atoms. The predicted octanol–water partition coefficient (Wildman–Crippen LogP) is 3.65. The fraction of sp³-hybridized carbons (Fsp3) is 0.312. The van der Waals surface area contributed by atoms with E-state index in [4.69, 9.17) is 16.9 Å². The van der Waals surface area contributed by atoms with E-state index in [9.17, 15) is 4.79 Å². The van der Waals surface area contributed by atoms with Crippen molar-refractivity contribution in [1.29, 1.82) is 5.26 Å². The summed E-state index contributed by atoms with van der Waals surface area (Å²) < 4.78 is 0. The summed E-state index contributed by atoms with van der Waals surface area (Å²) in [5.74, 6) is -0.124. The zero-order chi connectivity index (χ0) is 15.4. The summed E-state index contributed by atoms with van der Waals surface area (Å²) in [5.41, 5.74) is 1.22. The van der Waals surface area contributed by atoms with Crippen LogP contribution >= 0.6 is 11.6 Å². The van der Waals surface area contributed by atoms with Crippen LogP contribution < -0.4 is 0 Å². The van der Waals surface area contributed by atoms with E-state index in [1.807, 2.05) is 38.1 Å². The van der Waals surface area contributed by atoms with Crippen molar-refractivity contribution in [3.8, 4) is 6.07 Å². The van der Waals surface area contributed by atoms with Gasteiger partial charge in [-0.3, -0.25) is 4.79 Å². The zero-order valence-corrected chi connectivity index (χ0v) is 12.8. The highest BCUT2D eigenvalue weighted by Crippen LogP contribution is 2.23. The quantitative estimate of drug-likeness (QED) is 0.810. The van der Waals surface area contributed by atoms with Crippen molar-refractivity contribution in [2.75, 3.05) is 6.54 Å². The second kappa shape index (κ2) is 6.55. The summed E-state index contributed by atoms with van der Waals surface area (Å²) in [6.45, 7) is 4.27. The van der Waals surface area contributed by atoms with Gasteiger partial charge in [0.05, 0.1) is 23.6 Å². The highest BCUT2D eigenvalue weighted by Gasteiger charge is 2.21. The van der Waals surface area contributed by atoms with Crippen LogP contribution in [0.25, 0.3) is 10.9 Å². The second-order valence-corrected chi connectivity index (χ2v) is 5.40. The number of aromatic nitrogens is 1. The summed E-state index contributed by atoms with van der Waals surface area (Å²) in [6.07, 6.45) is 0.306. The molecule has 4 nitrogen and oxygen atoms in total. The number of nitrogens with zero attached hydrogens (tertiary/aromatic N) is 3. The third-order valence-corrected chi connectivity index (χ3v) is 3.46. The number of amides is 1. The maximum absolute atomic E-state index is 12.8. The van der Waals surface area contributed by atoms with Gasteiger partial charge in [0.25, 0.3) is 5.91 Å². The molecule has 0 radical (unpaired) electrons. The van der Waals surface area contributed by atoms with E-state index in [1.165, 1.54) is 0 Å². The van der Waals surface area contributed by atoms with Gasteiger partial charge in [0.15, 0.2) is 0 Å². The molecule has 2 aromatic rings. The molecular formula is C16H16ClN3O. The molecule has 21 heavy (non-hydrogen) atoms. The van der Waals surface area contributed by atoms with Crippen molar-refractivity contribution in [2.24, 2.45) is 0 Å². The van der Waals surface area contributed by atoms with Crippen LogP contribution in [0.4, 0.5) is 0 Å². The molecule has 0 aliphatic rings. The third kappa shape index (κ3) is 3.32. The molecule has 0 atom stereocenters. The number of halogens is 1. The monoisotopic (exact) mass is 301 g/mol. The lowest BCUT2D eigenvalue weighted by atomic mass is 10.1. The van der Waals surface area contributed by atoms with Gasteiger partial charge in [0, 0.05) is 18.0 Å². The van der Waals surface area contributed by atoms with Gasteiger partial charge in [-0.1, -0.05) is 29.8 Å². The molecule has 0 bridgehead atoms. The fourth-order valence-corrected chi connectivity index (χ4v) is 2.44. The fourth-order valence-electron chi connectivity index (χ4n) is 2.24. The van der Waals surface area contributed by atoms with Gasteiger partial charge in [-0.2, -0.15) is 5.26 Å². The first kappa shape index (κ1) is 15.3. The first-order chi connectivity index (χ1) is 10.0. The van der Waals surface area contributed by atoms with Gasteiger partial charge in [-0.25, -0.2) is 4.98 Å². The zero-order valence-electron chi connectivity index (χ0n) is 12.0. The van der Waals surface area contributed by atoms with Crippen LogP contribution in [-0.4, -0.2) is 28.4 Å². The van der Waals surface area contributed by atoms with Crippen molar-refractivity contribution >= 4 is 28.4 Å². The first-order valence-corrected chi connectivity index (χ1v) is 7.15. The maximum atomic E-state index is 12.8. The summed E-state index contributed by atoms with van der Waals surface area (Å²) in [6, 6.07) is 11.1. The van der Waals surface area contributed by atoms with Crippen LogP contribution in [0, 0.1) is 11.3 Å². The Labute approximate surface area is 129 Å². The molecule has 1 aromatic carbocycles. The van der Waals surface area contributed by atoms with Gasteiger partial charge >= 0.3 is 0 Å². The molecule has 0 aliphatic heterocycles. The lowest BCUT2D eigenvalue weighted by Crippen LogP contribution is -2.37. The molecule has 1 heterocycles. The highest BCUT2D eigenvalue weighted by molar-refractivity contribution is 6.30. The number of hydrogen-bond acceptors (Lipinski definition) is 3. The Kier molecular flexibility index (Phi) is 4.77. The van der Waals surface area contributed by atoms with Gasteiger partial charge in [0.1, 0.15) is 5.15 Å². The van der Waals surface area contributed by atoms with E-state index in [2.05, 4.69) is 11.1 Å². The van der Waals surface area contributed by atoms with E-state index < -0.39 is 0 Å². The molecule has 5 heteroatoms. The molecule has 108 valence electrons. The van der Waals surface area contributed by atoms with Gasteiger partial charge in [-0.05, 0) is 26.0 Å². The molecule has 0 saturated heterocycles. The average molecular weight is 302 g/mol. The minimum Gasteiger partial charge on any atom is -0.335 e. The molecular weight excluding hydrogens is 286 g/mol. The second-order valence-electron chi connectivity index (χ2n) is 5.01. The van der Waals surface area contributed by atoms with Crippen LogP contribution in [0.15, 0.2) is 30.3 Å². The largest absolute Gasteiger partial charge is 0.335 e. The van der Waals surface area contributed by atoms with Crippen molar-refractivity contribution in [2.45, 2.75) is 26.3 Å². The van der Waals surface area contributed by atoms with E-state index in [0.717, 1.165) is 5.39 Å². The topological polar surface area (TPSA) is 57.0 Å². The SMILES string of the molecule is CC(C)N(CCC#N)C(=O)c1cc(Cl)nc2ccccc12. The van der Waals surface area contributed by atoms with E-state index in [-0.39, 0.29) is 11.9 Å². The van der Waals surface area contributed by atoms with Gasteiger partial charge in [0.2, 0.25) is 0 Å². The summed E-state index contributed by atoms with van der Waals surface area (Å²) in [5, 5.41) is 9.81. The average Bonchev–Trinajstić information content (AvgIpc) is 2.46. The Balaban J connectivity index is 2.49. The summed E-state index contributed by atoms with van der Waals surface area (Å²) >= 11 is 6.02. The molecule has 1 aromatic heterocycles. The predicted molar refractivity (Wildman–Crippen MR) is 83.2 cm³/mol. The normalized spacial score (nSPS) is 10.6. The maximum Gasteiger partial charge on any atom is 0.254 e. The number of carbonyl (C=O) groups excluding carboxylic acids is 1. The Morgan fingerprint density at radius 3 is 2.81 bits per heavy atom. The molecule has 0 fully saturated rings. The van der Waals surface area contributed by atoms with Crippen molar-refractivity contribution in [3.05, 3.63) is 41.0 Å². The molecule has 0 unspecified atom stereocenters. The Bertz CT molecular complexity index is 706. The standard InChI is InChI=1S/C16H16ClN3O/c1-11(2)20(9-5-8-18)16(21)13-10-15(17)19-14-7-4-3-6-12(13)14/h3-4,6-7,10-11H,5,9H2,1-2H3. The van der Waals surface area contributed by atoms with Crippen molar-refractivity contribution < 1.29 is 4.79 Å². The van der Waals surface area contributed by atoms with Crippen LogP contribution in [0.1, 0.15) is 30.6 Å². The number of pyridine rings is 1. The minimum absolute atomic E-state index is 0.0107. The molecule has 0 N–H and O–H groups in total. The lowest BCUT2D eigenvalue weighted by Gasteiger charge is -2.26. The number of carbonyl (C=O) groups is 1. The molecule has 1 amide bonds. The van der Waals surface area contributed by atoms with Crippen molar-refractivity contribution in [1.82, 2.24) is 9.88 Å². The number of fused-ring (bicyclic) bond motifs is 1. The summed E-state index contributed by atoms with van der Waals surface area (Å²) in [4.78, 5) is 18.7. The molecule has 2 rings (SSSR count). The number of hydrogen-bond donors (Lipinski definition) is 0. The van der Waals surface area contributed by atoms with E-state index in [1.54, 1.807) is 11.0 Å². The molecule has 0 saturated carbocycles.